The Morgan fingerprint density at radius 3 is 2.69 bits per heavy atom. The molecular formula is C9H17NO3. The predicted octanol–water partition coefficient (Wildman–Crippen LogP) is 0.477. The molecule has 1 saturated carbocycles. The summed E-state index contributed by atoms with van der Waals surface area (Å²) in [5, 5.41) is 12.1. The Hall–Kier alpha value is -0.610. The molecule has 0 atom stereocenters. The quantitative estimate of drug-likeness (QED) is 0.594. The lowest BCUT2D eigenvalue weighted by Gasteiger charge is -2.37. The van der Waals surface area contributed by atoms with Crippen LogP contribution in [0.25, 0.3) is 0 Å². The van der Waals surface area contributed by atoms with Crippen LogP contribution in [0.2, 0.25) is 0 Å². The fourth-order valence-electron chi connectivity index (χ4n) is 1.57. The first kappa shape index (κ1) is 10.5. The van der Waals surface area contributed by atoms with E-state index in [-0.39, 0.29) is 0 Å². The van der Waals surface area contributed by atoms with Crippen LogP contribution in [0.15, 0.2) is 0 Å². The van der Waals surface area contributed by atoms with Crippen molar-refractivity contribution in [3.63, 3.8) is 0 Å². The number of carbonyl (C=O) groups is 1. The van der Waals surface area contributed by atoms with E-state index in [0.29, 0.717) is 13.2 Å². The van der Waals surface area contributed by atoms with E-state index in [0.717, 1.165) is 25.8 Å². The molecule has 4 heteroatoms. The molecule has 0 bridgehead atoms. The Morgan fingerprint density at radius 1 is 1.62 bits per heavy atom. The smallest absolute Gasteiger partial charge is 0.310 e. The van der Waals surface area contributed by atoms with Crippen LogP contribution in [0.5, 0.6) is 0 Å². The highest BCUT2D eigenvalue weighted by atomic mass is 16.5. The Balaban J connectivity index is 2.21. The molecule has 0 aromatic carbocycles. The normalized spacial score (nSPS) is 19.5. The summed E-state index contributed by atoms with van der Waals surface area (Å²) >= 11 is 0. The standard InChI is InChI=1S/C9H17NO3/c1-13-6-5-10-7-9(8(11)12)3-2-4-9/h10H,2-7H2,1H3,(H,11,12). The number of carboxylic acid groups (broad SMARTS) is 1. The van der Waals surface area contributed by atoms with Crippen LogP contribution < -0.4 is 5.32 Å². The van der Waals surface area contributed by atoms with Gasteiger partial charge < -0.3 is 15.2 Å². The highest BCUT2D eigenvalue weighted by molar-refractivity contribution is 5.76. The lowest BCUT2D eigenvalue weighted by Crippen LogP contribution is -2.46. The van der Waals surface area contributed by atoms with Crippen molar-refractivity contribution in [3.8, 4) is 0 Å². The summed E-state index contributed by atoms with van der Waals surface area (Å²) in [6.07, 6.45) is 2.66. The van der Waals surface area contributed by atoms with Crippen LogP contribution >= 0.6 is 0 Å². The van der Waals surface area contributed by atoms with Gasteiger partial charge in [-0.1, -0.05) is 6.42 Å². The molecule has 1 aliphatic carbocycles. The van der Waals surface area contributed by atoms with Crippen LogP contribution in [-0.4, -0.2) is 37.9 Å². The van der Waals surface area contributed by atoms with Gasteiger partial charge in [0.25, 0.3) is 0 Å². The fourth-order valence-corrected chi connectivity index (χ4v) is 1.57. The maximum atomic E-state index is 10.9. The second-order valence-corrected chi connectivity index (χ2v) is 3.61. The zero-order valence-electron chi connectivity index (χ0n) is 8.01. The molecule has 4 nitrogen and oxygen atoms in total. The van der Waals surface area contributed by atoms with Gasteiger partial charge in [-0.3, -0.25) is 4.79 Å². The fraction of sp³-hybridized carbons (Fsp3) is 0.889. The molecule has 2 N–H and O–H groups in total. The molecule has 0 unspecified atom stereocenters. The van der Waals surface area contributed by atoms with E-state index in [2.05, 4.69) is 5.32 Å². The third-order valence-electron chi connectivity index (χ3n) is 2.71. The maximum absolute atomic E-state index is 10.9. The molecule has 1 aliphatic rings. The van der Waals surface area contributed by atoms with Crippen LogP contribution in [0.3, 0.4) is 0 Å². The maximum Gasteiger partial charge on any atom is 0.310 e. The average Bonchev–Trinajstić information content (AvgIpc) is 2.01. The van der Waals surface area contributed by atoms with Crippen LogP contribution in [0, 0.1) is 5.41 Å². The van der Waals surface area contributed by atoms with Crippen molar-refractivity contribution in [3.05, 3.63) is 0 Å². The highest BCUT2D eigenvalue weighted by Crippen LogP contribution is 2.40. The van der Waals surface area contributed by atoms with Gasteiger partial charge >= 0.3 is 5.97 Å². The van der Waals surface area contributed by atoms with Crippen molar-refractivity contribution in [2.75, 3.05) is 26.8 Å². The van der Waals surface area contributed by atoms with E-state index in [9.17, 15) is 4.79 Å². The topological polar surface area (TPSA) is 58.6 Å². The van der Waals surface area contributed by atoms with Crippen LogP contribution in [0.4, 0.5) is 0 Å². The van der Waals surface area contributed by atoms with Gasteiger partial charge in [-0.15, -0.1) is 0 Å². The Labute approximate surface area is 78.3 Å². The van der Waals surface area contributed by atoms with Gasteiger partial charge in [0.1, 0.15) is 0 Å². The van der Waals surface area contributed by atoms with E-state index in [1.807, 2.05) is 0 Å². The molecule has 0 amide bonds. The highest BCUT2D eigenvalue weighted by Gasteiger charge is 2.43. The minimum atomic E-state index is -0.663. The molecule has 13 heavy (non-hydrogen) atoms. The third-order valence-corrected chi connectivity index (χ3v) is 2.71. The molecule has 0 aliphatic heterocycles. The monoisotopic (exact) mass is 187 g/mol. The number of rotatable bonds is 6. The van der Waals surface area contributed by atoms with Gasteiger partial charge in [-0.25, -0.2) is 0 Å². The van der Waals surface area contributed by atoms with Crippen LogP contribution in [-0.2, 0) is 9.53 Å². The summed E-state index contributed by atoms with van der Waals surface area (Å²) in [5.74, 6) is -0.663. The first-order valence-corrected chi connectivity index (χ1v) is 4.64. The van der Waals surface area contributed by atoms with Gasteiger partial charge in [0.05, 0.1) is 12.0 Å². The first-order chi connectivity index (χ1) is 6.21. The minimum Gasteiger partial charge on any atom is -0.481 e. The minimum absolute atomic E-state index is 0.478. The number of nitrogens with one attached hydrogen (secondary N) is 1. The molecule has 0 spiro atoms. The molecule has 0 saturated heterocycles. The SMILES string of the molecule is COCCNCC1(C(=O)O)CCC1. The number of carboxylic acids is 1. The van der Waals surface area contributed by atoms with E-state index < -0.39 is 11.4 Å². The molecule has 0 aromatic heterocycles. The van der Waals surface area contributed by atoms with Crippen LogP contribution in [0.1, 0.15) is 19.3 Å². The zero-order chi connectivity index (χ0) is 9.73. The van der Waals surface area contributed by atoms with Gasteiger partial charge in [-0.2, -0.15) is 0 Å². The van der Waals surface area contributed by atoms with Crippen molar-refractivity contribution < 1.29 is 14.6 Å². The molecule has 0 heterocycles. The van der Waals surface area contributed by atoms with Crippen molar-refractivity contribution in [1.29, 1.82) is 0 Å². The van der Waals surface area contributed by atoms with E-state index >= 15 is 0 Å². The van der Waals surface area contributed by atoms with Crippen molar-refractivity contribution in [2.45, 2.75) is 19.3 Å². The summed E-state index contributed by atoms with van der Waals surface area (Å²) in [5.41, 5.74) is -0.478. The molecule has 76 valence electrons. The van der Waals surface area contributed by atoms with E-state index in [4.69, 9.17) is 9.84 Å². The summed E-state index contributed by atoms with van der Waals surface area (Å²) in [7, 11) is 1.64. The average molecular weight is 187 g/mol. The largest absolute Gasteiger partial charge is 0.481 e. The zero-order valence-corrected chi connectivity index (χ0v) is 8.01. The molecule has 1 rings (SSSR count). The number of methoxy groups -OCH3 is 1. The number of aliphatic carboxylic acids is 1. The van der Waals surface area contributed by atoms with E-state index in [1.165, 1.54) is 0 Å². The summed E-state index contributed by atoms with van der Waals surface area (Å²) < 4.78 is 4.86. The van der Waals surface area contributed by atoms with Gasteiger partial charge in [0.15, 0.2) is 0 Å². The second-order valence-electron chi connectivity index (χ2n) is 3.61. The van der Waals surface area contributed by atoms with E-state index in [1.54, 1.807) is 7.11 Å². The Morgan fingerprint density at radius 2 is 2.31 bits per heavy atom. The molecular weight excluding hydrogens is 170 g/mol. The van der Waals surface area contributed by atoms with Gasteiger partial charge in [0.2, 0.25) is 0 Å². The number of hydrogen-bond donors (Lipinski definition) is 2. The van der Waals surface area contributed by atoms with Gasteiger partial charge in [0, 0.05) is 20.2 Å². The molecule has 0 radical (unpaired) electrons. The molecule has 0 aromatic rings. The third kappa shape index (κ3) is 2.42. The predicted molar refractivity (Wildman–Crippen MR) is 48.7 cm³/mol. The lowest BCUT2D eigenvalue weighted by molar-refractivity contribution is -0.154. The Kier molecular flexibility index (Phi) is 3.69. The lowest BCUT2D eigenvalue weighted by atomic mass is 9.69. The second kappa shape index (κ2) is 4.58. The number of hydrogen-bond acceptors (Lipinski definition) is 3. The Bertz CT molecular complexity index is 178. The van der Waals surface area contributed by atoms with Crippen molar-refractivity contribution >= 4 is 5.97 Å². The van der Waals surface area contributed by atoms with Gasteiger partial charge in [-0.05, 0) is 12.8 Å². The molecule has 1 fully saturated rings. The first-order valence-electron chi connectivity index (χ1n) is 4.64. The summed E-state index contributed by atoms with van der Waals surface area (Å²) in [6, 6.07) is 0. The van der Waals surface area contributed by atoms with Crippen molar-refractivity contribution in [1.82, 2.24) is 5.32 Å². The van der Waals surface area contributed by atoms with Crippen molar-refractivity contribution in [2.24, 2.45) is 5.41 Å². The number of ether oxygens (including phenoxy) is 1. The summed E-state index contributed by atoms with van der Waals surface area (Å²) in [6.45, 7) is 1.94. The summed E-state index contributed by atoms with van der Waals surface area (Å²) in [4.78, 5) is 10.9.